The van der Waals surface area contributed by atoms with E-state index in [0.29, 0.717) is 35.7 Å². The van der Waals surface area contributed by atoms with Crippen LogP contribution in [0.3, 0.4) is 0 Å². The number of hydrogen-bond acceptors (Lipinski definition) is 6. The number of aromatic nitrogens is 3. The second-order valence-electron chi connectivity index (χ2n) is 6.29. The van der Waals surface area contributed by atoms with Crippen molar-refractivity contribution in [1.82, 2.24) is 15.0 Å². The van der Waals surface area contributed by atoms with Gasteiger partial charge in [-0.3, -0.25) is 4.98 Å². The lowest BCUT2D eigenvalue weighted by Gasteiger charge is -2.13. The lowest BCUT2D eigenvalue weighted by atomic mass is 10.2. The number of ether oxygens (including phenoxy) is 2. The molecule has 0 amide bonds. The van der Waals surface area contributed by atoms with Gasteiger partial charge in [-0.1, -0.05) is 29.8 Å². The number of alkyl halides is 1. The standard InChI is InChI=1S/C22H18Cl2N4O2/c23-10-12-29-22-27-19-7-2-1-6-17(19)21(28-22)26-15-8-9-20(18(24)13-15)30-14-16-5-3-4-11-25-16/h1-9,11,13H,10,12,14H2,(H,26,27,28). The van der Waals surface area contributed by atoms with E-state index in [2.05, 4.69) is 20.3 Å². The molecular weight excluding hydrogens is 423 g/mol. The van der Waals surface area contributed by atoms with Gasteiger partial charge >= 0.3 is 6.01 Å². The van der Waals surface area contributed by atoms with Crippen molar-refractivity contribution in [1.29, 1.82) is 0 Å². The maximum atomic E-state index is 6.42. The van der Waals surface area contributed by atoms with Crippen molar-refractivity contribution >= 4 is 45.6 Å². The fourth-order valence-electron chi connectivity index (χ4n) is 2.81. The van der Waals surface area contributed by atoms with E-state index in [4.69, 9.17) is 32.7 Å². The summed E-state index contributed by atoms with van der Waals surface area (Å²) in [6.45, 7) is 0.665. The quantitative estimate of drug-likeness (QED) is 0.358. The van der Waals surface area contributed by atoms with Gasteiger partial charge in [0.25, 0.3) is 0 Å². The van der Waals surface area contributed by atoms with Crippen LogP contribution in [0.2, 0.25) is 5.02 Å². The molecule has 2 aromatic carbocycles. The van der Waals surface area contributed by atoms with E-state index in [1.165, 1.54) is 0 Å². The van der Waals surface area contributed by atoms with Crippen LogP contribution < -0.4 is 14.8 Å². The van der Waals surface area contributed by atoms with E-state index in [-0.39, 0.29) is 6.01 Å². The minimum absolute atomic E-state index is 0.262. The van der Waals surface area contributed by atoms with Gasteiger partial charge in [0.15, 0.2) is 0 Å². The van der Waals surface area contributed by atoms with Gasteiger partial charge in [-0.2, -0.15) is 9.97 Å². The molecule has 0 saturated carbocycles. The first-order chi connectivity index (χ1) is 14.7. The number of fused-ring (bicyclic) bond motifs is 1. The summed E-state index contributed by atoms with van der Waals surface area (Å²) in [5.41, 5.74) is 2.35. The summed E-state index contributed by atoms with van der Waals surface area (Å²) >= 11 is 12.1. The molecule has 0 bridgehead atoms. The predicted molar refractivity (Wildman–Crippen MR) is 119 cm³/mol. The summed E-state index contributed by atoms with van der Waals surface area (Å²) < 4.78 is 11.3. The average Bonchev–Trinajstić information content (AvgIpc) is 2.78. The molecule has 0 saturated heterocycles. The van der Waals surface area contributed by atoms with Crippen molar-refractivity contribution in [3.8, 4) is 11.8 Å². The van der Waals surface area contributed by atoms with E-state index >= 15 is 0 Å². The second kappa shape index (κ2) is 9.61. The Labute approximate surface area is 183 Å². The van der Waals surface area contributed by atoms with Crippen LogP contribution in [-0.4, -0.2) is 27.4 Å². The largest absolute Gasteiger partial charge is 0.486 e. The fourth-order valence-corrected chi connectivity index (χ4v) is 3.12. The molecule has 2 aromatic heterocycles. The Morgan fingerprint density at radius 3 is 2.60 bits per heavy atom. The SMILES string of the molecule is ClCCOc1nc(Nc2ccc(OCc3ccccn3)c(Cl)c2)c2ccccc2n1. The number of hydrogen-bond donors (Lipinski definition) is 1. The molecule has 4 aromatic rings. The molecule has 0 spiro atoms. The van der Waals surface area contributed by atoms with E-state index < -0.39 is 0 Å². The molecule has 0 unspecified atom stereocenters. The van der Waals surface area contributed by atoms with Crippen molar-refractivity contribution in [3.63, 3.8) is 0 Å². The molecule has 0 radical (unpaired) electrons. The number of nitrogens with zero attached hydrogens (tertiary/aromatic N) is 3. The fraction of sp³-hybridized carbons (Fsp3) is 0.136. The third kappa shape index (κ3) is 4.90. The molecule has 2 heterocycles. The third-order valence-electron chi connectivity index (χ3n) is 4.19. The monoisotopic (exact) mass is 440 g/mol. The van der Waals surface area contributed by atoms with Crippen LogP contribution in [0.25, 0.3) is 10.9 Å². The highest BCUT2D eigenvalue weighted by Gasteiger charge is 2.10. The van der Waals surface area contributed by atoms with Crippen LogP contribution in [-0.2, 0) is 6.61 Å². The zero-order valence-electron chi connectivity index (χ0n) is 15.9. The molecule has 0 atom stereocenters. The highest BCUT2D eigenvalue weighted by atomic mass is 35.5. The first-order valence-electron chi connectivity index (χ1n) is 9.28. The number of anilines is 2. The predicted octanol–water partition coefficient (Wildman–Crippen LogP) is 5.62. The lowest BCUT2D eigenvalue weighted by molar-refractivity contribution is 0.301. The molecule has 4 rings (SSSR count). The Morgan fingerprint density at radius 2 is 1.80 bits per heavy atom. The number of benzene rings is 2. The van der Waals surface area contributed by atoms with Crippen LogP contribution in [0.1, 0.15) is 5.69 Å². The maximum absolute atomic E-state index is 6.42. The van der Waals surface area contributed by atoms with E-state index in [9.17, 15) is 0 Å². The average molecular weight is 441 g/mol. The third-order valence-corrected chi connectivity index (χ3v) is 4.64. The topological polar surface area (TPSA) is 69.2 Å². The molecule has 0 aliphatic heterocycles. The summed E-state index contributed by atoms with van der Waals surface area (Å²) in [6, 6.07) is 19.1. The molecule has 0 fully saturated rings. The number of para-hydroxylation sites is 1. The summed E-state index contributed by atoms with van der Waals surface area (Å²) in [4.78, 5) is 13.1. The van der Waals surface area contributed by atoms with Crippen molar-refractivity contribution < 1.29 is 9.47 Å². The van der Waals surface area contributed by atoms with Crippen molar-refractivity contribution in [2.45, 2.75) is 6.61 Å². The zero-order chi connectivity index (χ0) is 20.8. The lowest BCUT2D eigenvalue weighted by Crippen LogP contribution is -2.05. The van der Waals surface area contributed by atoms with Gasteiger partial charge in [0.05, 0.1) is 22.1 Å². The van der Waals surface area contributed by atoms with Gasteiger partial charge in [-0.25, -0.2) is 0 Å². The Balaban J connectivity index is 1.55. The smallest absolute Gasteiger partial charge is 0.318 e. The van der Waals surface area contributed by atoms with E-state index in [0.717, 1.165) is 22.3 Å². The summed E-state index contributed by atoms with van der Waals surface area (Å²) in [6.07, 6.45) is 1.73. The van der Waals surface area contributed by atoms with Crippen LogP contribution in [0, 0.1) is 0 Å². The molecule has 0 aliphatic rings. The first kappa shape index (κ1) is 20.2. The highest BCUT2D eigenvalue weighted by Crippen LogP contribution is 2.31. The van der Waals surface area contributed by atoms with Crippen LogP contribution in [0.5, 0.6) is 11.8 Å². The zero-order valence-corrected chi connectivity index (χ0v) is 17.4. The first-order valence-corrected chi connectivity index (χ1v) is 10.2. The Hall–Kier alpha value is -3.09. The van der Waals surface area contributed by atoms with Crippen molar-refractivity contribution in [3.05, 3.63) is 77.6 Å². The minimum atomic E-state index is 0.262. The number of nitrogens with one attached hydrogen (secondary N) is 1. The van der Waals surface area contributed by atoms with Gasteiger partial charge in [-0.05, 0) is 42.5 Å². The van der Waals surface area contributed by atoms with Gasteiger partial charge < -0.3 is 14.8 Å². The second-order valence-corrected chi connectivity index (χ2v) is 7.07. The molecule has 8 heteroatoms. The van der Waals surface area contributed by atoms with Gasteiger partial charge in [0.2, 0.25) is 0 Å². The van der Waals surface area contributed by atoms with Gasteiger partial charge in [-0.15, -0.1) is 11.6 Å². The van der Waals surface area contributed by atoms with Gasteiger partial charge in [0.1, 0.15) is 24.8 Å². The molecule has 1 N–H and O–H groups in total. The van der Waals surface area contributed by atoms with Crippen LogP contribution in [0.15, 0.2) is 66.9 Å². The Bertz CT molecular complexity index is 1140. The van der Waals surface area contributed by atoms with E-state index in [1.807, 2.05) is 54.6 Å². The number of pyridine rings is 1. The molecular formula is C22H18Cl2N4O2. The maximum Gasteiger partial charge on any atom is 0.318 e. The van der Waals surface area contributed by atoms with Crippen molar-refractivity contribution in [2.24, 2.45) is 0 Å². The van der Waals surface area contributed by atoms with Crippen LogP contribution >= 0.6 is 23.2 Å². The molecule has 6 nitrogen and oxygen atoms in total. The summed E-state index contributed by atoms with van der Waals surface area (Å²) in [5, 5.41) is 4.63. The van der Waals surface area contributed by atoms with Crippen LogP contribution in [0.4, 0.5) is 11.5 Å². The normalized spacial score (nSPS) is 10.7. The molecule has 152 valence electrons. The molecule has 30 heavy (non-hydrogen) atoms. The minimum Gasteiger partial charge on any atom is -0.486 e. The number of rotatable bonds is 8. The summed E-state index contributed by atoms with van der Waals surface area (Å²) in [7, 11) is 0. The molecule has 0 aliphatic carbocycles. The van der Waals surface area contributed by atoms with Crippen molar-refractivity contribution in [2.75, 3.05) is 17.8 Å². The number of halogens is 2. The Morgan fingerprint density at radius 1 is 0.933 bits per heavy atom. The Kier molecular flexibility index (Phi) is 6.47. The van der Waals surface area contributed by atoms with E-state index in [1.54, 1.807) is 12.3 Å². The highest BCUT2D eigenvalue weighted by molar-refractivity contribution is 6.32. The summed E-state index contributed by atoms with van der Waals surface area (Å²) in [5.74, 6) is 1.55. The van der Waals surface area contributed by atoms with Gasteiger partial charge in [0, 0.05) is 17.3 Å².